The zero-order chi connectivity index (χ0) is 15.9. The van der Waals surface area contributed by atoms with Gasteiger partial charge >= 0.3 is 0 Å². The Morgan fingerprint density at radius 3 is 2.43 bits per heavy atom. The number of halogens is 2. The molecule has 0 unspecified atom stereocenters. The fourth-order valence-corrected chi connectivity index (χ4v) is 2.03. The largest absolute Gasteiger partial charge is 0.409 e. The molecule has 0 saturated carbocycles. The molecule has 0 saturated heterocycles. The summed E-state index contributed by atoms with van der Waals surface area (Å²) < 4.78 is 26.0. The van der Waals surface area contributed by atoms with Crippen LogP contribution in [0.5, 0.6) is 0 Å². The molecule has 4 N–H and O–H groups in total. The molecule has 0 amide bonds. The number of nitrogens with zero attached hydrogens (tertiary/aromatic N) is 1. The number of nitrogens with one attached hydrogen (secondary N) is 1. The lowest BCUT2D eigenvalue weighted by molar-refractivity contribution is 0.304. The highest BCUT2D eigenvalue weighted by molar-refractivity contribution is 5.85. The lowest BCUT2D eigenvalue weighted by atomic mass is 9.86. The average molecular weight is 299 g/mol. The molecule has 0 heterocycles. The van der Waals surface area contributed by atoms with Crippen molar-refractivity contribution in [2.24, 2.45) is 16.3 Å². The molecule has 0 fully saturated rings. The molecule has 0 aromatic heterocycles. The number of rotatable bonds is 8. The van der Waals surface area contributed by atoms with E-state index in [1.165, 1.54) is 12.1 Å². The Labute approximate surface area is 124 Å². The first-order valence-corrected chi connectivity index (χ1v) is 6.99. The third-order valence-electron chi connectivity index (χ3n) is 3.47. The highest BCUT2D eigenvalue weighted by atomic mass is 19.1. The molecule has 1 aromatic rings. The van der Waals surface area contributed by atoms with Gasteiger partial charge in [0.15, 0.2) is 0 Å². The van der Waals surface area contributed by atoms with E-state index in [2.05, 4.69) is 10.5 Å². The van der Waals surface area contributed by atoms with Gasteiger partial charge in [0.1, 0.15) is 17.5 Å². The van der Waals surface area contributed by atoms with Gasteiger partial charge < -0.3 is 16.3 Å². The van der Waals surface area contributed by atoms with Crippen molar-refractivity contribution in [3.63, 3.8) is 0 Å². The fraction of sp³-hybridized carbons (Fsp3) is 0.533. The molecular weight excluding hydrogens is 276 g/mol. The van der Waals surface area contributed by atoms with E-state index < -0.39 is 11.6 Å². The van der Waals surface area contributed by atoms with Crippen LogP contribution in [-0.4, -0.2) is 24.1 Å². The van der Waals surface area contributed by atoms with Crippen LogP contribution >= 0.6 is 0 Å². The Kier molecular flexibility index (Phi) is 6.55. The zero-order valence-electron chi connectivity index (χ0n) is 12.5. The summed E-state index contributed by atoms with van der Waals surface area (Å²) in [6, 6.07) is 3.55. The maximum absolute atomic E-state index is 13.0. The number of hydrogen-bond donors (Lipinski definition) is 3. The Morgan fingerprint density at radius 2 is 1.86 bits per heavy atom. The lowest BCUT2D eigenvalue weighted by Crippen LogP contribution is -2.32. The zero-order valence-corrected chi connectivity index (χ0v) is 12.5. The van der Waals surface area contributed by atoms with Crippen LogP contribution in [0, 0.1) is 17.0 Å². The predicted octanol–water partition coefficient (Wildman–Crippen LogP) is 2.65. The molecule has 0 aliphatic rings. The summed E-state index contributed by atoms with van der Waals surface area (Å²) >= 11 is 0. The molecule has 4 nitrogen and oxygen atoms in total. The summed E-state index contributed by atoms with van der Waals surface area (Å²) in [7, 11) is 0. The number of amidine groups is 1. The second kappa shape index (κ2) is 7.93. The van der Waals surface area contributed by atoms with E-state index in [1.807, 2.05) is 13.8 Å². The minimum absolute atomic E-state index is 0.220. The number of benzene rings is 1. The molecule has 1 rings (SSSR count). The molecule has 21 heavy (non-hydrogen) atoms. The number of oxime groups is 1. The van der Waals surface area contributed by atoms with E-state index in [0.29, 0.717) is 18.5 Å². The maximum Gasteiger partial charge on any atom is 0.144 e. The summed E-state index contributed by atoms with van der Waals surface area (Å²) in [4.78, 5) is 0. The maximum atomic E-state index is 13.0. The van der Waals surface area contributed by atoms with Gasteiger partial charge in [0.05, 0.1) is 0 Å². The molecule has 0 spiro atoms. The van der Waals surface area contributed by atoms with Gasteiger partial charge in [-0.1, -0.05) is 19.0 Å². The highest BCUT2D eigenvalue weighted by Crippen LogP contribution is 2.21. The van der Waals surface area contributed by atoms with Crippen molar-refractivity contribution in [3.8, 4) is 0 Å². The van der Waals surface area contributed by atoms with Crippen molar-refractivity contribution in [3.05, 3.63) is 35.4 Å². The fourth-order valence-electron chi connectivity index (χ4n) is 2.03. The van der Waals surface area contributed by atoms with Crippen LogP contribution in [0.25, 0.3) is 0 Å². The molecule has 0 bridgehead atoms. The predicted molar refractivity (Wildman–Crippen MR) is 79.4 cm³/mol. The number of hydrogen-bond acceptors (Lipinski definition) is 3. The summed E-state index contributed by atoms with van der Waals surface area (Å²) in [5.74, 6) is -0.881. The molecule has 1 aromatic carbocycles. The molecule has 0 atom stereocenters. The van der Waals surface area contributed by atoms with Crippen molar-refractivity contribution in [2.75, 3.05) is 13.1 Å². The molecular formula is C15H23F2N3O. The molecule has 0 aliphatic carbocycles. The smallest absolute Gasteiger partial charge is 0.144 e. The van der Waals surface area contributed by atoms with Gasteiger partial charge in [0, 0.05) is 11.5 Å². The minimum Gasteiger partial charge on any atom is -0.409 e. The van der Waals surface area contributed by atoms with E-state index in [-0.39, 0.29) is 11.3 Å². The summed E-state index contributed by atoms with van der Waals surface area (Å²) in [6.07, 6.45) is 2.21. The van der Waals surface area contributed by atoms with E-state index >= 15 is 0 Å². The second-order valence-corrected chi connectivity index (χ2v) is 5.75. The lowest BCUT2D eigenvalue weighted by Gasteiger charge is -2.22. The van der Waals surface area contributed by atoms with E-state index in [9.17, 15) is 8.78 Å². The molecule has 6 heteroatoms. The highest BCUT2D eigenvalue weighted by Gasteiger charge is 2.22. The Balaban J connectivity index is 2.23. The van der Waals surface area contributed by atoms with Gasteiger partial charge in [-0.2, -0.15) is 0 Å². The third kappa shape index (κ3) is 6.08. The Morgan fingerprint density at radius 1 is 1.24 bits per heavy atom. The van der Waals surface area contributed by atoms with Crippen molar-refractivity contribution in [1.29, 1.82) is 0 Å². The van der Waals surface area contributed by atoms with Crippen molar-refractivity contribution < 1.29 is 14.0 Å². The van der Waals surface area contributed by atoms with Gasteiger partial charge in [-0.15, -0.1) is 0 Å². The average Bonchev–Trinajstić information content (AvgIpc) is 2.40. The standard InChI is InChI=1S/C15H23F2N3O/c1-15(2,14(18)20-21)5-3-6-19-7-4-11-8-12(16)10-13(17)9-11/h8-10,19,21H,3-7H2,1-2H3,(H2,18,20). The van der Waals surface area contributed by atoms with E-state index in [1.54, 1.807) is 0 Å². The molecule has 118 valence electrons. The Bertz CT molecular complexity index is 470. The summed E-state index contributed by atoms with van der Waals surface area (Å²) in [6.45, 7) is 5.24. The normalized spacial score (nSPS) is 12.7. The number of nitrogens with two attached hydrogens (primary N) is 1. The first-order valence-electron chi connectivity index (χ1n) is 6.99. The van der Waals surface area contributed by atoms with Crippen LogP contribution in [-0.2, 0) is 6.42 Å². The monoisotopic (exact) mass is 299 g/mol. The van der Waals surface area contributed by atoms with Gasteiger partial charge in [-0.3, -0.25) is 0 Å². The van der Waals surface area contributed by atoms with Crippen LogP contribution in [0.15, 0.2) is 23.4 Å². The van der Waals surface area contributed by atoms with Crippen molar-refractivity contribution in [2.45, 2.75) is 33.1 Å². The SMILES string of the molecule is CC(C)(CCCNCCc1cc(F)cc(F)c1)C(N)=NO. The quantitative estimate of drug-likeness (QED) is 0.227. The second-order valence-electron chi connectivity index (χ2n) is 5.75. The van der Waals surface area contributed by atoms with Gasteiger partial charge in [-0.25, -0.2) is 8.78 Å². The minimum atomic E-state index is -0.550. The first kappa shape index (κ1) is 17.4. The van der Waals surface area contributed by atoms with Crippen LogP contribution in [0.4, 0.5) is 8.78 Å². The van der Waals surface area contributed by atoms with Gasteiger partial charge in [0.25, 0.3) is 0 Å². The van der Waals surface area contributed by atoms with Crippen LogP contribution < -0.4 is 11.1 Å². The summed E-state index contributed by atoms with van der Waals surface area (Å²) in [5.41, 5.74) is 5.90. The first-order chi connectivity index (χ1) is 9.85. The third-order valence-corrected chi connectivity index (χ3v) is 3.47. The van der Waals surface area contributed by atoms with Crippen molar-refractivity contribution >= 4 is 5.84 Å². The molecule has 0 radical (unpaired) electrons. The van der Waals surface area contributed by atoms with Crippen LogP contribution in [0.2, 0.25) is 0 Å². The van der Waals surface area contributed by atoms with E-state index in [4.69, 9.17) is 10.9 Å². The summed E-state index contributed by atoms with van der Waals surface area (Å²) in [5, 5.41) is 14.9. The van der Waals surface area contributed by atoms with Gasteiger partial charge in [0.2, 0.25) is 0 Å². The van der Waals surface area contributed by atoms with Crippen LogP contribution in [0.3, 0.4) is 0 Å². The van der Waals surface area contributed by atoms with Gasteiger partial charge in [-0.05, 0) is 50.0 Å². The van der Waals surface area contributed by atoms with Crippen LogP contribution in [0.1, 0.15) is 32.3 Å². The van der Waals surface area contributed by atoms with E-state index in [0.717, 1.165) is 25.5 Å². The Hall–Kier alpha value is -1.69. The molecule has 0 aliphatic heterocycles. The van der Waals surface area contributed by atoms with Crippen molar-refractivity contribution in [1.82, 2.24) is 5.32 Å². The topological polar surface area (TPSA) is 70.6 Å².